The zero-order valence-electron chi connectivity index (χ0n) is 6.59. The minimum absolute atomic E-state index is 0.144. The zero-order chi connectivity index (χ0) is 7.98. The third kappa shape index (κ3) is 4.13. The summed E-state index contributed by atoms with van der Waals surface area (Å²) in [6.07, 6.45) is 2.19. The van der Waals surface area contributed by atoms with Crippen LogP contribution in [0.4, 0.5) is 0 Å². The first-order chi connectivity index (χ1) is 4.70. The predicted molar refractivity (Wildman–Crippen MR) is 40.6 cm³/mol. The van der Waals surface area contributed by atoms with Gasteiger partial charge in [0.1, 0.15) is 0 Å². The molecule has 1 unspecified atom stereocenters. The summed E-state index contributed by atoms with van der Waals surface area (Å²) in [4.78, 5) is 10.7. The summed E-state index contributed by atoms with van der Waals surface area (Å²) in [5.74, 6) is 0.0777. The molecule has 0 aromatic rings. The minimum Gasteiger partial charge on any atom is -0.466 e. The molecule has 0 aromatic heterocycles. The number of ether oxygens (including phenoxy) is 1. The number of allylic oxidation sites excluding steroid dienone is 1. The van der Waals surface area contributed by atoms with E-state index < -0.39 is 0 Å². The van der Waals surface area contributed by atoms with E-state index in [9.17, 15) is 4.79 Å². The highest BCUT2D eigenvalue weighted by atomic mass is 16.5. The van der Waals surface area contributed by atoms with Gasteiger partial charge < -0.3 is 4.74 Å². The van der Waals surface area contributed by atoms with Gasteiger partial charge in [0.2, 0.25) is 0 Å². The van der Waals surface area contributed by atoms with E-state index >= 15 is 0 Å². The highest BCUT2D eigenvalue weighted by Crippen LogP contribution is 2.02. The van der Waals surface area contributed by atoms with Gasteiger partial charge in [0.05, 0.1) is 13.0 Å². The summed E-state index contributed by atoms with van der Waals surface area (Å²) in [5, 5.41) is 0. The lowest BCUT2D eigenvalue weighted by Crippen LogP contribution is -2.07. The molecule has 0 saturated carbocycles. The topological polar surface area (TPSA) is 26.3 Å². The Morgan fingerprint density at radius 3 is 2.80 bits per heavy atom. The number of hydrogen-bond acceptors (Lipinski definition) is 2. The molecule has 0 bridgehead atoms. The van der Waals surface area contributed by atoms with Gasteiger partial charge in [-0.05, 0) is 12.8 Å². The third-order valence-corrected chi connectivity index (χ3v) is 1.20. The van der Waals surface area contributed by atoms with E-state index in [4.69, 9.17) is 4.74 Å². The maximum Gasteiger partial charge on any atom is 0.306 e. The van der Waals surface area contributed by atoms with E-state index in [1.165, 1.54) is 0 Å². The summed E-state index contributed by atoms with van der Waals surface area (Å²) in [5.41, 5.74) is 0. The van der Waals surface area contributed by atoms with Gasteiger partial charge in [-0.15, -0.1) is 6.58 Å². The molecule has 0 aliphatic rings. The Bertz CT molecular complexity index is 118. The summed E-state index contributed by atoms with van der Waals surface area (Å²) in [6.45, 7) is 7.76. The van der Waals surface area contributed by atoms with Crippen molar-refractivity contribution in [1.29, 1.82) is 0 Å². The lowest BCUT2D eigenvalue weighted by Gasteiger charge is -2.03. The number of rotatable bonds is 4. The summed E-state index contributed by atoms with van der Waals surface area (Å²) < 4.78 is 4.73. The van der Waals surface area contributed by atoms with Gasteiger partial charge in [-0.2, -0.15) is 0 Å². The quantitative estimate of drug-likeness (QED) is 0.441. The molecule has 0 heterocycles. The van der Waals surface area contributed by atoms with E-state index in [0.717, 1.165) is 0 Å². The highest BCUT2D eigenvalue weighted by molar-refractivity contribution is 5.69. The van der Waals surface area contributed by atoms with Gasteiger partial charge in [0.15, 0.2) is 0 Å². The Morgan fingerprint density at radius 1 is 1.80 bits per heavy atom. The smallest absolute Gasteiger partial charge is 0.306 e. The highest BCUT2D eigenvalue weighted by Gasteiger charge is 2.04. The fourth-order valence-corrected chi connectivity index (χ4v) is 0.566. The monoisotopic (exact) mass is 142 g/mol. The van der Waals surface area contributed by atoms with Crippen molar-refractivity contribution >= 4 is 5.97 Å². The van der Waals surface area contributed by atoms with Crippen LogP contribution < -0.4 is 0 Å². The average Bonchev–Trinajstić information content (AvgIpc) is 1.88. The van der Waals surface area contributed by atoms with E-state index in [2.05, 4.69) is 6.58 Å². The molecule has 1 atom stereocenters. The molecule has 0 radical (unpaired) electrons. The first-order valence-electron chi connectivity index (χ1n) is 3.48. The van der Waals surface area contributed by atoms with E-state index in [1.54, 1.807) is 13.0 Å². The Labute approximate surface area is 61.9 Å². The second-order valence-electron chi connectivity index (χ2n) is 2.22. The zero-order valence-corrected chi connectivity index (χ0v) is 6.59. The van der Waals surface area contributed by atoms with E-state index in [-0.39, 0.29) is 11.9 Å². The van der Waals surface area contributed by atoms with Crippen molar-refractivity contribution in [3.05, 3.63) is 12.7 Å². The van der Waals surface area contributed by atoms with Crippen LogP contribution in [0.25, 0.3) is 0 Å². The normalized spacial score (nSPS) is 12.2. The lowest BCUT2D eigenvalue weighted by molar-refractivity contribution is -0.143. The van der Waals surface area contributed by atoms with Gasteiger partial charge in [0, 0.05) is 0 Å². The van der Waals surface area contributed by atoms with E-state index in [1.807, 2.05) is 6.92 Å². The first-order valence-corrected chi connectivity index (χ1v) is 3.48. The van der Waals surface area contributed by atoms with E-state index in [0.29, 0.717) is 13.0 Å². The van der Waals surface area contributed by atoms with Crippen molar-refractivity contribution in [3.8, 4) is 0 Å². The molecule has 10 heavy (non-hydrogen) atoms. The second kappa shape index (κ2) is 5.03. The predicted octanol–water partition coefficient (Wildman–Crippen LogP) is 1.76. The molecule has 0 N–H and O–H groups in total. The standard InChI is InChI=1S/C8H14O2/c1-4-7(3)6-8(9)10-5-2/h4,7H,1,5-6H2,2-3H3. The van der Waals surface area contributed by atoms with Crippen LogP contribution in [0.5, 0.6) is 0 Å². The van der Waals surface area contributed by atoms with Gasteiger partial charge in [0.25, 0.3) is 0 Å². The minimum atomic E-state index is -0.144. The largest absolute Gasteiger partial charge is 0.466 e. The molecule has 0 aliphatic carbocycles. The van der Waals surface area contributed by atoms with Crippen LogP contribution in [0, 0.1) is 5.92 Å². The van der Waals surface area contributed by atoms with Crippen LogP contribution in [-0.4, -0.2) is 12.6 Å². The fourth-order valence-electron chi connectivity index (χ4n) is 0.566. The fraction of sp³-hybridized carbons (Fsp3) is 0.625. The number of esters is 1. The van der Waals surface area contributed by atoms with Crippen molar-refractivity contribution in [1.82, 2.24) is 0 Å². The molecule has 0 spiro atoms. The van der Waals surface area contributed by atoms with Crippen LogP contribution in [0.3, 0.4) is 0 Å². The SMILES string of the molecule is C=CC(C)CC(=O)OCC. The van der Waals surface area contributed by atoms with Gasteiger partial charge >= 0.3 is 5.97 Å². The van der Waals surface area contributed by atoms with Crippen molar-refractivity contribution in [2.45, 2.75) is 20.3 Å². The molecule has 0 saturated heterocycles. The summed E-state index contributed by atoms with van der Waals surface area (Å²) >= 11 is 0. The first kappa shape index (κ1) is 9.21. The van der Waals surface area contributed by atoms with Crippen LogP contribution >= 0.6 is 0 Å². The molecular weight excluding hydrogens is 128 g/mol. The maximum atomic E-state index is 10.7. The number of hydrogen-bond donors (Lipinski definition) is 0. The molecule has 2 nitrogen and oxygen atoms in total. The van der Waals surface area contributed by atoms with Crippen molar-refractivity contribution in [2.24, 2.45) is 5.92 Å². The van der Waals surface area contributed by atoms with Crippen molar-refractivity contribution in [2.75, 3.05) is 6.61 Å². The van der Waals surface area contributed by atoms with Crippen LogP contribution in [0.15, 0.2) is 12.7 Å². The molecule has 0 fully saturated rings. The van der Waals surface area contributed by atoms with Crippen molar-refractivity contribution in [3.63, 3.8) is 0 Å². The maximum absolute atomic E-state index is 10.7. The van der Waals surface area contributed by atoms with Crippen molar-refractivity contribution < 1.29 is 9.53 Å². The number of carbonyl (C=O) groups is 1. The van der Waals surface area contributed by atoms with Crippen LogP contribution in [-0.2, 0) is 9.53 Å². The molecule has 0 aliphatic heterocycles. The Balaban J connectivity index is 3.46. The lowest BCUT2D eigenvalue weighted by atomic mass is 10.1. The molecule has 0 rings (SSSR count). The summed E-state index contributed by atoms with van der Waals surface area (Å²) in [6, 6.07) is 0. The molecule has 58 valence electrons. The Hall–Kier alpha value is -0.790. The Morgan fingerprint density at radius 2 is 2.40 bits per heavy atom. The molecular formula is C8H14O2. The number of carbonyl (C=O) groups excluding carboxylic acids is 1. The van der Waals surface area contributed by atoms with Crippen LogP contribution in [0.1, 0.15) is 20.3 Å². The van der Waals surface area contributed by atoms with Gasteiger partial charge in [-0.3, -0.25) is 4.79 Å². The molecule has 2 heteroatoms. The summed E-state index contributed by atoms with van der Waals surface area (Å²) in [7, 11) is 0. The van der Waals surface area contributed by atoms with Gasteiger partial charge in [-0.1, -0.05) is 13.0 Å². The molecule has 0 aromatic carbocycles. The average molecular weight is 142 g/mol. The second-order valence-corrected chi connectivity index (χ2v) is 2.22. The Kier molecular flexibility index (Phi) is 4.63. The molecule has 0 amide bonds. The van der Waals surface area contributed by atoms with Gasteiger partial charge in [-0.25, -0.2) is 0 Å². The third-order valence-electron chi connectivity index (χ3n) is 1.20. The van der Waals surface area contributed by atoms with Crippen LogP contribution in [0.2, 0.25) is 0 Å².